The highest BCUT2D eigenvalue weighted by Crippen LogP contribution is 1.94. The van der Waals surface area contributed by atoms with Gasteiger partial charge >= 0.3 is 0 Å². The van der Waals surface area contributed by atoms with E-state index in [1.54, 1.807) is 6.20 Å². The molecular weight excluding hydrogens is 180 g/mol. The number of rotatable bonds is 1. The number of carbonyl (C=O) groups excluding carboxylic acids is 1. The third kappa shape index (κ3) is 1.26. The van der Waals surface area contributed by atoms with Gasteiger partial charge in [0.25, 0.3) is 5.78 Å². The lowest BCUT2D eigenvalue weighted by Crippen LogP contribution is -1.92. The van der Waals surface area contributed by atoms with Crippen LogP contribution in [0.5, 0.6) is 0 Å². The first-order chi connectivity index (χ1) is 5.40. The summed E-state index contributed by atoms with van der Waals surface area (Å²) in [6.07, 6.45) is 5.13. The molecule has 0 amide bonds. The average molecular weight is 185 g/mol. The minimum atomic E-state index is 0. The van der Waals surface area contributed by atoms with Crippen molar-refractivity contribution in [1.82, 2.24) is 19.6 Å². The zero-order valence-electron chi connectivity index (χ0n) is 5.91. The smallest absolute Gasteiger partial charge is 0.252 e. The van der Waals surface area contributed by atoms with E-state index >= 15 is 0 Å². The fourth-order valence-corrected chi connectivity index (χ4v) is 0.795. The molecule has 0 aliphatic rings. The van der Waals surface area contributed by atoms with E-state index < -0.39 is 0 Å². The van der Waals surface area contributed by atoms with Crippen LogP contribution in [0.15, 0.2) is 18.7 Å². The van der Waals surface area contributed by atoms with Gasteiger partial charge in [-0.3, -0.25) is 4.79 Å². The van der Waals surface area contributed by atoms with E-state index in [-0.39, 0.29) is 12.4 Å². The van der Waals surface area contributed by atoms with Crippen molar-refractivity contribution < 1.29 is 4.79 Å². The van der Waals surface area contributed by atoms with E-state index in [0.29, 0.717) is 17.6 Å². The molecule has 2 aromatic heterocycles. The Morgan fingerprint density at radius 1 is 1.42 bits per heavy atom. The van der Waals surface area contributed by atoms with Crippen molar-refractivity contribution in [2.75, 3.05) is 0 Å². The van der Waals surface area contributed by atoms with Gasteiger partial charge in [0, 0.05) is 12.4 Å². The maximum atomic E-state index is 10.3. The maximum absolute atomic E-state index is 10.3. The first kappa shape index (κ1) is 8.61. The predicted octanol–water partition coefficient (Wildman–Crippen LogP) is 0.359. The summed E-state index contributed by atoms with van der Waals surface area (Å²) < 4.78 is 1.45. The van der Waals surface area contributed by atoms with E-state index in [1.165, 1.54) is 17.0 Å². The van der Waals surface area contributed by atoms with Crippen molar-refractivity contribution in [3.63, 3.8) is 0 Å². The molecule has 0 saturated carbocycles. The predicted molar refractivity (Wildman–Crippen MR) is 43.4 cm³/mol. The summed E-state index contributed by atoms with van der Waals surface area (Å²) in [6.45, 7) is 0. The van der Waals surface area contributed by atoms with Crippen LogP contribution in [0.4, 0.5) is 0 Å². The first-order valence-corrected chi connectivity index (χ1v) is 3.01. The number of hydrogen-bond donors (Lipinski definition) is 0. The monoisotopic (exact) mass is 184 g/mol. The number of nitrogens with zero attached hydrogens (tertiary/aromatic N) is 4. The van der Waals surface area contributed by atoms with Crippen LogP contribution in [0.2, 0.25) is 0 Å². The molecule has 0 radical (unpaired) electrons. The number of hydrogen-bond acceptors (Lipinski definition) is 4. The number of halogens is 1. The summed E-state index contributed by atoms with van der Waals surface area (Å²) in [5, 5.41) is 3.81. The quantitative estimate of drug-likeness (QED) is 0.601. The molecule has 0 N–H and O–H groups in total. The lowest BCUT2D eigenvalue weighted by molar-refractivity contribution is 0.112. The molecule has 2 aromatic rings. The molecule has 0 aliphatic carbocycles. The fraction of sp³-hybridized carbons (Fsp3) is 0. The standard InChI is InChI=1S/C6H4N4O.ClH/c11-3-5-1-7-6-8-4-9-10(6)2-5;/h1-4H;1H. The van der Waals surface area contributed by atoms with Crippen molar-refractivity contribution >= 4 is 24.5 Å². The SMILES string of the molecule is Cl.O=Cc1cnc2ncnn2c1. The second kappa shape index (κ2) is 3.27. The van der Waals surface area contributed by atoms with Crippen LogP contribution in [0, 0.1) is 0 Å². The number of carbonyl (C=O) groups is 1. The Balaban J connectivity index is 0.000000720. The molecule has 0 atom stereocenters. The van der Waals surface area contributed by atoms with E-state index in [1.807, 2.05) is 0 Å². The van der Waals surface area contributed by atoms with Gasteiger partial charge in [0.05, 0.1) is 5.56 Å². The Morgan fingerprint density at radius 3 is 3.00 bits per heavy atom. The van der Waals surface area contributed by atoms with Crippen LogP contribution in [0.1, 0.15) is 10.4 Å². The van der Waals surface area contributed by atoms with Gasteiger partial charge in [0.15, 0.2) is 6.29 Å². The van der Waals surface area contributed by atoms with Gasteiger partial charge in [-0.2, -0.15) is 10.1 Å². The molecule has 5 nitrogen and oxygen atoms in total. The largest absolute Gasteiger partial charge is 0.298 e. The fourth-order valence-electron chi connectivity index (χ4n) is 0.795. The molecule has 2 heterocycles. The highest BCUT2D eigenvalue weighted by atomic mass is 35.5. The van der Waals surface area contributed by atoms with E-state index in [0.717, 1.165) is 0 Å². The van der Waals surface area contributed by atoms with Crippen molar-refractivity contribution in [3.05, 3.63) is 24.3 Å². The van der Waals surface area contributed by atoms with Crippen molar-refractivity contribution in [2.45, 2.75) is 0 Å². The summed E-state index contributed by atoms with van der Waals surface area (Å²) in [7, 11) is 0. The zero-order valence-corrected chi connectivity index (χ0v) is 6.73. The molecule has 12 heavy (non-hydrogen) atoms. The van der Waals surface area contributed by atoms with E-state index in [2.05, 4.69) is 15.1 Å². The molecule has 62 valence electrons. The van der Waals surface area contributed by atoms with Crippen LogP contribution >= 0.6 is 12.4 Å². The van der Waals surface area contributed by atoms with Gasteiger partial charge in [-0.05, 0) is 0 Å². The average Bonchev–Trinajstić information content (AvgIpc) is 2.50. The Hall–Kier alpha value is -1.49. The Bertz CT molecular complexity index is 399. The summed E-state index contributed by atoms with van der Waals surface area (Å²) in [6, 6.07) is 0. The summed E-state index contributed by atoms with van der Waals surface area (Å²) in [5.74, 6) is 0.496. The van der Waals surface area contributed by atoms with Gasteiger partial charge in [-0.1, -0.05) is 0 Å². The molecular formula is C6H5ClN4O. The Morgan fingerprint density at radius 2 is 2.25 bits per heavy atom. The van der Waals surface area contributed by atoms with Gasteiger partial charge in [-0.15, -0.1) is 12.4 Å². The van der Waals surface area contributed by atoms with Crippen LogP contribution in [0.3, 0.4) is 0 Å². The second-order valence-electron chi connectivity index (χ2n) is 2.01. The third-order valence-electron chi connectivity index (χ3n) is 1.29. The number of fused-ring (bicyclic) bond motifs is 1. The van der Waals surface area contributed by atoms with Gasteiger partial charge in [0.1, 0.15) is 6.33 Å². The van der Waals surface area contributed by atoms with Crippen LogP contribution in [-0.2, 0) is 0 Å². The highest BCUT2D eigenvalue weighted by Gasteiger charge is 1.96. The molecule has 0 spiro atoms. The summed E-state index contributed by atoms with van der Waals surface area (Å²) in [5.41, 5.74) is 0.489. The third-order valence-corrected chi connectivity index (χ3v) is 1.29. The van der Waals surface area contributed by atoms with E-state index in [4.69, 9.17) is 0 Å². The zero-order chi connectivity index (χ0) is 7.68. The molecule has 2 rings (SSSR count). The van der Waals surface area contributed by atoms with Crippen molar-refractivity contribution in [3.8, 4) is 0 Å². The molecule has 0 fully saturated rings. The maximum Gasteiger partial charge on any atom is 0.252 e. The lowest BCUT2D eigenvalue weighted by atomic mass is 10.4. The van der Waals surface area contributed by atoms with Crippen molar-refractivity contribution in [1.29, 1.82) is 0 Å². The molecule has 0 aliphatic heterocycles. The normalized spacial score (nSPS) is 9.33. The van der Waals surface area contributed by atoms with Gasteiger partial charge in [0.2, 0.25) is 0 Å². The van der Waals surface area contributed by atoms with E-state index in [9.17, 15) is 4.79 Å². The second-order valence-corrected chi connectivity index (χ2v) is 2.01. The lowest BCUT2D eigenvalue weighted by Gasteiger charge is -1.89. The van der Waals surface area contributed by atoms with Gasteiger partial charge < -0.3 is 0 Å². The Labute approximate surface area is 73.9 Å². The number of aldehydes is 1. The van der Waals surface area contributed by atoms with Crippen LogP contribution < -0.4 is 0 Å². The van der Waals surface area contributed by atoms with Crippen LogP contribution in [-0.4, -0.2) is 25.9 Å². The molecule has 0 aromatic carbocycles. The first-order valence-electron chi connectivity index (χ1n) is 3.01. The van der Waals surface area contributed by atoms with Gasteiger partial charge in [-0.25, -0.2) is 9.50 Å². The molecule has 0 bridgehead atoms. The highest BCUT2D eigenvalue weighted by molar-refractivity contribution is 5.85. The molecule has 6 heteroatoms. The molecule has 0 saturated heterocycles. The number of aromatic nitrogens is 4. The van der Waals surface area contributed by atoms with Crippen LogP contribution in [0.25, 0.3) is 5.78 Å². The topological polar surface area (TPSA) is 60.2 Å². The Kier molecular flexibility index (Phi) is 2.35. The summed E-state index contributed by atoms with van der Waals surface area (Å²) in [4.78, 5) is 18.0. The molecule has 0 unspecified atom stereocenters. The minimum absolute atomic E-state index is 0. The summed E-state index contributed by atoms with van der Waals surface area (Å²) >= 11 is 0. The van der Waals surface area contributed by atoms with Crippen molar-refractivity contribution in [2.24, 2.45) is 0 Å². The minimum Gasteiger partial charge on any atom is -0.298 e.